The quantitative estimate of drug-likeness (QED) is 0.686. The molecule has 0 amide bonds. The third-order valence-corrected chi connectivity index (χ3v) is 3.32. The fraction of sp³-hybridized carbons (Fsp3) is 0.167. The molecule has 0 fully saturated rings. The van der Waals surface area contributed by atoms with Crippen LogP contribution in [-0.4, -0.2) is 5.78 Å². The van der Waals surface area contributed by atoms with Gasteiger partial charge in [-0.25, -0.2) is 0 Å². The second-order valence-electron chi connectivity index (χ2n) is 4.69. The third-order valence-electron chi connectivity index (χ3n) is 3.06. The van der Waals surface area contributed by atoms with Gasteiger partial charge in [-0.15, -0.1) is 0 Å². The van der Waals surface area contributed by atoms with Crippen molar-refractivity contribution >= 4 is 23.5 Å². The highest BCUT2D eigenvalue weighted by Gasteiger charge is 1.98. The van der Waals surface area contributed by atoms with Crippen molar-refractivity contribution in [3.8, 4) is 0 Å². The molecule has 0 atom stereocenters. The van der Waals surface area contributed by atoms with Crippen LogP contribution in [0, 0.1) is 0 Å². The van der Waals surface area contributed by atoms with Crippen molar-refractivity contribution in [1.29, 1.82) is 0 Å². The van der Waals surface area contributed by atoms with Crippen molar-refractivity contribution in [1.82, 2.24) is 0 Å². The van der Waals surface area contributed by atoms with Gasteiger partial charge in [-0.2, -0.15) is 0 Å². The van der Waals surface area contributed by atoms with Crippen molar-refractivity contribution in [2.75, 3.05) is 0 Å². The van der Waals surface area contributed by atoms with Crippen LogP contribution in [0.2, 0.25) is 5.02 Å². The van der Waals surface area contributed by atoms with Crippen LogP contribution in [0.1, 0.15) is 24.0 Å². The van der Waals surface area contributed by atoms with Crippen LogP contribution < -0.4 is 0 Å². The van der Waals surface area contributed by atoms with E-state index in [0.29, 0.717) is 11.4 Å². The topological polar surface area (TPSA) is 17.1 Å². The molecule has 2 aromatic rings. The first-order chi connectivity index (χ1) is 9.74. The Morgan fingerprint density at radius 1 is 1.00 bits per heavy atom. The molecule has 2 heteroatoms. The highest BCUT2D eigenvalue weighted by Crippen LogP contribution is 2.11. The van der Waals surface area contributed by atoms with Gasteiger partial charge in [-0.05, 0) is 42.2 Å². The first kappa shape index (κ1) is 14.5. The number of carbonyl (C=O) groups is 1. The first-order valence-electron chi connectivity index (χ1n) is 6.74. The minimum atomic E-state index is 0.163. The third kappa shape index (κ3) is 5.02. The Labute approximate surface area is 124 Å². The van der Waals surface area contributed by atoms with Gasteiger partial charge in [0.05, 0.1) is 0 Å². The van der Waals surface area contributed by atoms with Crippen LogP contribution >= 0.6 is 11.6 Å². The van der Waals surface area contributed by atoms with E-state index in [1.807, 2.05) is 48.5 Å². The molecule has 20 heavy (non-hydrogen) atoms. The SMILES string of the molecule is O=C(/C=C\c1ccc(Cl)cc1)CCCc1ccccc1. The van der Waals surface area contributed by atoms with Gasteiger partial charge in [-0.3, -0.25) is 4.79 Å². The molecule has 0 aliphatic carbocycles. The van der Waals surface area contributed by atoms with Gasteiger partial charge in [0.25, 0.3) is 0 Å². The number of benzene rings is 2. The van der Waals surface area contributed by atoms with Crippen LogP contribution in [0.25, 0.3) is 6.08 Å². The molecule has 0 saturated carbocycles. The summed E-state index contributed by atoms with van der Waals surface area (Å²) in [5.74, 6) is 0.163. The standard InChI is InChI=1S/C18H17ClO/c19-17-12-9-16(10-13-17)11-14-18(20)8-4-7-15-5-2-1-3-6-15/h1-3,5-6,9-14H,4,7-8H2/b14-11-. The summed E-state index contributed by atoms with van der Waals surface area (Å²) in [5, 5.41) is 0.705. The Morgan fingerprint density at radius 2 is 1.70 bits per heavy atom. The van der Waals surface area contributed by atoms with E-state index in [2.05, 4.69) is 12.1 Å². The second kappa shape index (κ2) is 7.66. The molecule has 0 bridgehead atoms. The lowest BCUT2D eigenvalue weighted by Crippen LogP contribution is -1.94. The molecular formula is C18H17ClO. The molecule has 0 spiro atoms. The van der Waals surface area contributed by atoms with Gasteiger partial charge in [0.1, 0.15) is 0 Å². The van der Waals surface area contributed by atoms with Crippen LogP contribution in [0.5, 0.6) is 0 Å². The molecular weight excluding hydrogens is 268 g/mol. The van der Waals surface area contributed by atoms with E-state index >= 15 is 0 Å². The monoisotopic (exact) mass is 284 g/mol. The summed E-state index contributed by atoms with van der Waals surface area (Å²) >= 11 is 5.81. The average molecular weight is 285 g/mol. The van der Waals surface area contributed by atoms with Crippen LogP contribution in [0.3, 0.4) is 0 Å². The van der Waals surface area contributed by atoms with E-state index in [4.69, 9.17) is 11.6 Å². The Bertz CT molecular complexity index is 570. The zero-order valence-electron chi connectivity index (χ0n) is 11.3. The first-order valence-corrected chi connectivity index (χ1v) is 7.12. The largest absolute Gasteiger partial charge is 0.295 e. The van der Waals surface area contributed by atoms with E-state index in [0.717, 1.165) is 18.4 Å². The fourth-order valence-corrected chi connectivity index (χ4v) is 2.08. The zero-order valence-corrected chi connectivity index (χ0v) is 12.0. The number of allylic oxidation sites excluding steroid dienone is 1. The predicted octanol–water partition coefficient (Wildman–Crippen LogP) is 4.95. The van der Waals surface area contributed by atoms with Crippen molar-refractivity contribution in [2.24, 2.45) is 0 Å². The second-order valence-corrected chi connectivity index (χ2v) is 5.13. The van der Waals surface area contributed by atoms with E-state index < -0.39 is 0 Å². The Balaban J connectivity index is 1.76. The van der Waals surface area contributed by atoms with Crippen molar-refractivity contribution in [2.45, 2.75) is 19.3 Å². The van der Waals surface area contributed by atoms with Crippen molar-refractivity contribution in [3.63, 3.8) is 0 Å². The van der Waals surface area contributed by atoms with Gasteiger partial charge >= 0.3 is 0 Å². The van der Waals surface area contributed by atoms with Crippen molar-refractivity contribution in [3.05, 3.63) is 76.8 Å². The Kier molecular flexibility index (Phi) is 5.57. The Hall–Kier alpha value is -1.86. The van der Waals surface area contributed by atoms with E-state index in [1.165, 1.54) is 5.56 Å². The summed E-state index contributed by atoms with van der Waals surface area (Å²) in [5.41, 5.74) is 2.27. The van der Waals surface area contributed by atoms with Gasteiger partial charge < -0.3 is 0 Å². The molecule has 0 aliphatic heterocycles. The number of rotatable bonds is 6. The van der Waals surface area contributed by atoms with Crippen molar-refractivity contribution < 1.29 is 4.79 Å². The fourth-order valence-electron chi connectivity index (χ4n) is 1.96. The summed E-state index contributed by atoms with van der Waals surface area (Å²) < 4.78 is 0. The normalized spacial score (nSPS) is 10.8. The van der Waals surface area contributed by atoms with E-state index in [1.54, 1.807) is 6.08 Å². The lowest BCUT2D eigenvalue weighted by atomic mass is 10.1. The molecule has 0 radical (unpaired) electrons. The molecule has 0 N–H and O–H groups in total. The smallest absolute Gasteiger partial charge is 0.155 e. The predicted molar refractivity (Wildman–Crippen MR) is 84.9 cm³/mol. The van der Waals surface area contributed by atoms with E-state index in [-0.39, 0.29) is 5.78 Å². The van der Waals surface area contributed by atoms with Crippen LogP contribution in [0.4, 0.5) is 0 Å². The average Bonchev–Trinajstić information content (AvgIpc) is 2.48. The summed E-state index contributed by atoms with van der Waals surface area (Å²) in [7, 11) is 0. The summed E-state index contributed by atoms with van der Waals surface area (Å²) in [6.45, 7) is 0. The molecule has 1 nitrogen and oxygen atoms in total. The summed E-state index contributed by atoms with van der Waals surface area (Å²) in [6, 6.07) is 17.7. The highest BCUT2D eigenvalue weighted by molar-refractivity contribution is 6.30. The highest BCUT2D eigenvalue weighted by atomic mass is 35.5. The number of carbonyl (C=O) groups excluding carboxylic acids is 1. The van der Waals surface area contributed by atoms with E-state index in [9.17, 15) is 4.79 Å². The molecule has 0 unspecified atom stereocenters. The maximum Gasteiger partial charge on any atom is 0.155 e. The molecule has 102 valence electrons. The molecule has 2 aromatic carbocycles. The lowest BCUT2D eigenvalue weighted by molar-refractivity contribution is -0.114. The van der Waals surface area contributed by atoms with Gasteiger partial charge in [0.15, 0.2) is 5.78 Å². The summed E-state index contributed by atoms with van der Waals surface area (Å²) in [4.78, 5) is 11.8. The van der Waals surface area contributed by atoms with Crippen LogP contribution in [0.15, 0.2) is 60.7 Å². The molecule has 2 rings (SSSR count). The van der Waals surface area contributed by atoms with Gasteiger partial charge in [0, 0.05) is 11.4 Å². The summed E-state index contributed by atoms with van der Waals surface area (Å²) in [6.07, 6.45) is 5.89. The number of hydrogen-bond donors (Lipinski definition) is 0. The molecule has 0 saturated heterocycles. The molecule has 0 aliphatic rings. The number of ketones is 1. The number of aryl methyl sites for hydroxylation is 1. The maximum atomic E-state index is 11.8. The Morgan fingerprint density at radius 3 is 2.40 bits per heavy atom. The maximum absolute atomic E-state index is 11.8. The molecule has 0 aromatic heterocycles. The minimum absolute atomic E-state index is 0.163. The van der Waals surface area contributed by atoms with Gasteiger partial charge in [0.2, 0.25) is 0 Å². The number of hydrogen-bond acceptors (Lipinski definition) is 1. The van der Waals surface area contributed by atoms with Crippen LogP contribution in [-0.2, 0) is 11.2 Å². The molecule has 0 heterocycles. The zero-order chi connectivity index (χ0) is 14.2. The minimum Gasteiger partial charge on any atom is -0.295 e. The number of halogens is 1. The van der Waals surface area contributed by atoms with Gasteiger partial charge in [-0.1, -0.05) is 60.1 Å². The lowest BCUT2D eigenvalue weighted by Gasteiger charge is -1.99.